The summed E-state index contributed by atoms with van der Waals surface area (Å²) in [4.78, 5) is 14.2. The molecule has 1 aromatic carbocycles. The summed E-state index contributed by atoms with van der Waals surface area (Å²) in [7, 11) is 0. The van der Waals surface area contributed by atoms with Gasteiger partial charge in [0.05, 0.1) is 0 Å². The number of hydrogen-bond acceptors (Lipinski definition) is 2. The van der Waals surface area contributed by atoms with Crippen LogP contribution in [0, 0.1) is 5.82 Å². The van der Waals surface area contributed by atoms with Gasteiger partial charge in [-0.3, -0.25) is 9.69 Å². The van der Waals surface area contributed by atoms with Crippen LogP contribution in [0.1, 0.15) is 31.7 Å². The maximum Gasteiger partial charge on any atom is 0.220 e. The second kappa shape index (κ2) is 7.39. The predicted octanol–water partition coefficient (Wildman–Crippen LogP) is 2.36. The second-order valence-electron chi connectivity index (χ2n) is 5.53. The molecule has 3 nitrogen and oxygen atoms in total. The molecule has 20 heavy (non-hydrogen) atoms. The summed E-state index contributed by atoms with van der Waals surface area (Å²) in [5.41, 5.74) is 0.868. The summed E-state index contributed by atoms with van der Waals surface area (Å²) in [5.74, 6) is -0.203. The fraction of sp³-hybridized carbons (Fsp3) is 0.562. The Balaban J connectivity index is 1.67. The number of hydrogen-bond donors (Lipinski definition) is 1. The molecule has 1 aromatic rings. The Morgan fingerprint density at radius 3 is 2.85 bits per heavy atom. The summed E-state index contributed by atoms with van der Waals surface area (Å²) in [5, 5.41) is 2.97. The van der Waals surface area contributed by atoms with Crippen molar-refractivity contribution in [3.63, 3.8) is 0 Å². The van der Waals surface area contributed by atoms with Gasteiger partial charge in [-0.25, -0.2) is 4.39 Å². The van der Waals surface area contributed by atoms with Gasteiger partial charge < -0.3 is 5.32 Å². The first kappa shape index (κ1) is 15.0. The third kappa shape index (κ3) is 4.60. The minimum absolute atomic E-state index is 0.0420. The van der Waals surface area contributed by atoms with Gasteiger partial charge in [-0.05, 0) is 57.0 Å². The van der Waals surface area contributed by atoms with Gasteiger partial charge in [0.15, 0.2) is 0 Å². The molecule has 110 valence electrons. The molecule has 1 heterocycles. The van der Waals surface area contributed by atoms with Gasteiger partial charge in [0, 0.05) is 19.0 Å². The molecule has 2 rings (SSSR count). The largest absolute Gasteiger partial charge is 0.355 e. The predicted molar refractivity (Wildman–Crippen MR) is 78.0 cm³/mol. The molecule has 1 atom stereocenters. The van der Waals surface area contributed by atoms with Crippen LogP contribution >= 0.6 is 0 Å². The molecule has 1 saturated heterocycles. The molecular weight excluding hydrogens is 255 g/mol. The van der Waals surface area contributed by atoms with Crippen molar-refractivity contribution in [1.82, 2.24) is 10.2 Å². The molecule has 4 heteroatoms. The lowest BCUT2D eigenvalue weighted by Crippen LogP contribution is -2.40. The minimum atomic E-state index is -0.245. The highest BCUT2D eigenvalue weighted by Crippen LogP contribution is 2.11. The molecule has 0 unspecified atom stereocenters. The first-order valence-electron chi connectivity index (χ1n) is 7.40. The van der Waals surface area contributed by atoms with E-state index in [1.165, 1.54) is 25.0 Å². The van der Waals surface area contributed by atoms with Crippen molar-refractivity contribution >= 4 is 5.91 Å². The Labute approximate surface area is 120 Å². The maximum atomic E-state index is 13.0. The number of amides is 1. The molecule has 1 fully saturated rings. The molecule has 0 saturated carbocycles. The van der Waals surface area contributed by atoms with Gasteiger partial charge in [-0.1, -0.05) is 12.1 Å². The number of halogens is 1. The SMILES string of the molecule is C[C@@H](CNC(=O)CCc1cccc(F)c1)N1CCCC1. The zero-order valence-corrected chi connectivity index (χ0v) is 12.1. The highest BCUT2D eigenvalue weighted by molar-refractivity contribution is 5.76. The number of carbonyl (C=O) groups excluding carboxylic acids is 1. The average Bonchev–Trinajstić information content (AvgIpc) is 2.97. The number of nitrogens with zero attached hydrogens (tertiary/aromatic N) is 1. The van der Waals surface area contributed by atoms with Crippen LogP contribution in [-0.2, 0) is 11.2 Å². The highest BCUT2D eigenvalue weighted by atomic mass is 19.1. The van der Waals surface area contributed by atoms with E-state index in [1.54, 1.807) is 6.07 Å². The third-order valence-corrected chi connectivity index (χ3v) is 3.89. The Kier molecular flexibility index (Phi) is 5.53. The van der Waals surface area contributed by atoms with E-state index in [0.717, 1.165) is 18.7 Å². The van der Waals surface area contributed by atoms with E-state index in [-0.39, 0.29) is 11.7 Å². The maximum absolute atomic E-state index is 13.0. The average molecular weight is 278 g/mol. The zero-order valence-electron chi connectivity index (χ0n) is 12.1. The van der Waals surface area contributed by atoms with Gasteiger partial charge in [-0.15, -0.1) is 0 Å². The van der Waals surface area contributed by atoms with E-state index in [1.807, 2.05) is 6.07 Å². The molecule has 1 N–H and O–H groups in total. The molecule has 0 aliphatic carbocycles. The van der Waals surface area contributed by atoms with Crippen molar-refractivity contribution < 1.29 is 9.18 Å². The van der Waals surface area contributed by atoms with Crippen molar-refractivity contribution in [3.05, 3.63) is 35.6 Å². The topological polar surface area (TPSA) is 32.3 Å². The number of carbonyl (C=O) groups is 1. The first-order valence-corrected chi connectivity index (χ1v) is 7.40. The number of rotatable bonds is 6. The van der Waals surface area contributed by atoms with Crippen LogP contribution in [0.15, 0.2) is 24.3 Å². The monoisotopic (exact) mass is 278 g/mol. The fourth-order valence-electron chi connectivity index (χ4n) is 2.61. The normalized spacial score (nSPS) is 17.1. The van der Waals surface area contributed by atoms with Crippen LogP contribution in [-0.4, -0.2) is 36.5 Å². The van der Waals surface area contributed by atoms with Gasteiger partial charge in [0.2, 0.25) is 5.91 Å². The summed E-state index contributed by atoms with van der Waals surface area (Å²) in [6.45, 7) is 5.13. The van der Waals surface area contributed by atoms with Gasteiger partial charge >= 0.3 is 0 Å². The van der Waals surface area contributed by atoms with E-state index >= 15 is 0 Å². The van der Waals surface area contributed by atoms with Crippen molar-refractivity contribution in [3.8, 4) is 0 Å². The van der Waals surface area contributed by atoms with Crippen molar-refractivity contribution in [2.45, 2.75) is 38.6 Å². The summed E-state index contributed by atoms with van der Waals surface area (Å²) in [6, 6.07) is 6.83. The highest BCUT2D eigenvalue weighted by Gasteiger charge is 2.18. The molecule has 0 bridgehead atoms. The van der Waals surface area contributed by atoms with Crippen LogP contribution in [0.25, 0.3) is 0 Å². The van der Waals surface area contributed by atoms with Gasteiger partial charge in [-0.2, -0.15) is 0 Å². The van der Waals surface area contributed by atoms with E-state index < -0.39 is 0 Å². The zero-order chi connectivity index (χ0) is 14.4. The fourth-order valence-corrected chi connectivity index (χ4v) is 2.61. The van der Waals surface area contributed by atoms with Gasteiger partial charge in [0.25, 0.3) is 0 Å². The molecular formula is C16H23FN2O. The van der Waals surface area contributed by atoms with E-state index in [0.29, 0.717) is 25.4 Å². The van der Waals surface area contributed by atoms with Crippen LogP contribution in [0.2, 0.25) is 0 Å². The molecule has 0 spiro atoms. The van der Waals surface area contributed by atoms with Gasteiger partial charge in [0.1, 0.15) is 5.82 Å². The van der Waals surface area contributed by atoms with Crippen LogP contribution in [0.5, 0.6) is 0 Å². The molecule has 1 aliphatic rings. The van der Waals surface area contributed by atoms with Crippen molar-refractivity contribution in [2.75, 3.05) is 19.6 Å². The third-order valence-electron chi connectivity index (χ3n) is 3.89. The molecule has 1 amide bonds. The Morgan fingerprint density at radius 2 is 2.15 bits per heavy atom. The smallest absolute Gasteiger partial charge is 0.220 e. The van der Waals surface area contributed by atoms with E-state index in [4.69, 9.17) is 0 Å². The Hall–Kier alpha value is -1.42. The summed E-state index contributed by atoms with van der Waals surface area (Å²) in [6.07, 6.45) is 3.52. The molecule has 0 aromatic heterocycles. The molecule has 1 aliphatic heterocycles. The van der Waals surface area contributed by atoms with E-state index in [2.05, 4.69) is 17.1 Å². The van der Waals surface area contributed by atoms with Crippen LogP contribution in [0.3, 0.4) is 0 Å². The summed E-state index contributed by atoms with van der Waals surface area (Å²) >= 11 is 0. The number of benzene rings is 1. The van der Waals surface area contributed by atoms with E-state index in [9.17, 15) is 9.18 Å². The van der Waals surface area contributed by atoms with Crippen LogP contribution < -0.4 is 5.32 Å². The second-order valence-corrected chi connectivity index (χ2v) is 5.53. The Bertz CT molecular complexity index is 444. The van der Waals surface area contributed by atoms with Crippen molar-refractivity contribution in [1.29, 1.82) is 0 Å². The standard InChI is InChI=1S/C16H23FN2O/c1-13(19-9-2-3-10-19)12-18-16(20)8-7-14-5-4-6-15(17)11-14/h4-6,11,13H,2-3,7-10,12H2,1H3,(H,18,20)/t13-/m0/s1. The lowest BCUT2D eigenvalue weighted by molar-refractivity contribution is -0.121. The quantitative estimate of drug-likeness (QED) is 0.866. The van der Waals surface area contributed by atoms with Crippen LogP contribution in [0.4, 0.5) is 4.39 Å². The lowest BCUT2D eigenvalue weighted by atomic mass is 10.1. The Morgan fingerprint density at radius 1 is 1.40 bits per heavy atom. The number of aryl methyl sites for hydroxylation is 1. The number of likely N-dealkylation sites (tertiary alicyclic amines) is 1. The molecule has 0 radical (unpaired) electrons. The lowest BCUT2D eigenvalue weighted by Gasteiger charge is -2.23. The first-order chi connectivity index (χ1) is 9.65. The number of nitrogens with one attached hydrogen (secondary N) is 1. The van der Waals surface area contributed by atoms with Crippen molar-refractivity contribution in [2.24, 2.45) is 0 Å². The summed E-state index contributed by atoms with van der Waals surface area (Å²) < 4.78 is 13.0. The minimum Gasteiger partial charge on any atom is -0.355 e.